The van der Waals surface area contributed by atoms with E-state index in [9.17, 15) is 0 Å². The number of morpholine rings is 1. The summed E-state index contributed by atoms with van der Waals surface area (Å²) in [5.41, 5.74) is 2.68. The molecule has 0 atom stereocenters. The van der Waals surface area contributed by atoms with E-state index < -0.39 is 0 Å². The molecule has 3 nitrogen and oxygen atoms in total. The molecule has 0 amide bonds. The van der Waals surface area contributed by atoms with Crippen LogP contribution in [0.5, 0.6) is 5.75 Å². The van der Waals surface area contributed by atoms with Crippen molar-refractivity contribution < 1.29 is 9.47 Å². The molecule has 1 heterocycles. The summed E-state index contributed by atoms with van der Waals surface area (Å²) in [6.45, 7) is 15.0. The summed E-state index contributed by atoms with van der Waals surface area (Å²) in [6.07, 6.45) is 3.62. The molecule has 0 aliphatic carbocycles. The van der Waals surface area contributed by atoms with Gasteiger partial charge in [-0.2, -0.15) is 0 Å². The van der Waals surface area contributed by atoms with Crippen LogP contribution in [0.4, 0.5) is 0 Å². The lowest BCUT2D eigenvalue weighted by Gasteiger charge is -2.26. The van der Waals surface area contributed by atoms with E-state index in [1.54, 1.807) is 0 Å². The van der Waals surface area contributed by atoms with Crippen molar-refractivity contribution in [1.82, 2.24) is 4.90 Å². The van der Waals surface area contributed by atoms with Gasteiger partial charge in [-0.25, -0.2) is 0 Å². The molecule has 0 N–H and O–H groups in total. The molecule has 1 aliphatic heterocycles. The second kappa shape index (κ2) is 10.0. The molecule has 3 heteroatoms. The molecular weight excluding hydrogens is 298 g/mol. The Hall–Kier alpha value is -1.06. The van der Waals surface area contributed by atoms with Gasteiger partial charge in [0.2, 0.25) is 0 Å². The third-order valence-corrected chi connectivity index (χ3v) is 4.79. The van der Waals surface area contributed by atoms with Gasteiger partial charge in [-0.05, 0) is 48.8 Å². The van der Waals surface area contributed by atoms with E-state index in [4.69, 9.17) is 9.47 Å². The van der Waals surface area contributed by atoms with E-state index in [-0.39, 0.29) is 0 Å². The Labute approximate surface area is 148 Å². The summed E-state index contributed by atoms with van der Waals surface area (Å²) < 4.78 is 11.6. The van der Waals surface area contributed by atoms with Crippen molar-refractivity contribution in [2.24, 2.45) is 0 Å². The highest BCUT2D eigenvalue weighted by molar-refractivity contribution is 5.44. The number of hydrogen-bond acceptors (Lipinski definition) is 3. The Morgan fingerprint density at radius 1 is 0.958 bits per heavy atom. The van der Waals surface area contributed by atoms with Crippen molar-refractivity contribution in [3.8, 4) is 5.75 Å². The van der Waals surface area contributed by atoms with Crippen molar-refractivity contribution in [3.63, 3.8) is 0 Å². The summed E-state index contributed by atoms with van der Waals surface area (Å²) >= 11 is 0. The van der Waals surface area contributed by atoms with Crippen LogP contribution in [0.1, 0.15) is 69.9 Å². The van der Waals surface area contributed by atoms with Gasteiger partial charge >= 0.3 is 0 Å². The SMILES string of the molecule is CC(C)c1cccc(C(C)C)c1OCCCCCN1CCOCC1. The Morgan fingerprint density at radius 2 is 1.58 bits per heavy atom. The summed E-state index contributed by atoms with van der Waals surface area (Å²) in [5, 5.41) is 0. The van der Waals surface area contributed by atoms with Crippen LogP contribution in [0, 0.1) is 0 Å². The first-order chi connectivity index (χ1) is 11.6. The van der Waals surface area contributed by atoms with E-state index in [1.807, 2.05) is 0 Å². The summed E-state index contributed by atoms with van der Waals surface area (Å²) in [5.74, 6) is 2.13. The van der Waals surface area contributed by atoms with Crippen molar-refractivity contribution in [3.05, 3.63) is 29.3 Å². The Morgan fingerprint density at radius 3 is 2.17 bits per heavy atom. The standard InChI is InChI=1S/C21H35NO2/c1-17(2)19-9-8-10-20(18(3)4)21(19)24-14-7-5-6-11-22-12-15-23-16-13-22/h8-10,17-18H,5-7,11-16H2,1-4H3. The maximum absolute atomic E-state index is 6.25. The number of para-hydroxylation sites is 1. The van der Waals surface area contributed by atoms with E-state index in [0.717, 1.165) is 45.1 Å². The van der Waals surface area contributed by atoms with Crippen molar-refractivity contribution in [2.45, 2.75) is 58.8 Å². The minimum atomic E-state index is 0.500. The number of nitrogens with zero attached hydrogens (tertiary/aromatic N) is 1. The van der Waals surface area contributed by atoms with E-state index in [0.29, 0.717) is 11.8 Å². The fraction of sp³-hybridized carbons (Fsp3) is 0.714. The fourth-order valence-electron chi connectivity index (χ4n) is 3.26. The Kier molecular flexibility index (Phi) is 8.07. The number of rotatable bonds is 9. The van der Waals surface area contributed by atoms with Gasteiger partial charge in [-0.15, -0.1) is 0 Å². The maximum atomic E-state index is 6.25. The van der Waals surface area contributed by atoms with Crippen LogP contribution in [0.25, 0.3) is 0 Å². The zero-order chi connectivity index (χ0) is 17.4. The number of benzene rings is 1. The molecule has 24 heavy (non-hydrogen) atoms. The fourth-order valence-corrected chi connectivity index (χ4v) is 3.26. The van der Waals surface area contributed by atoms with Gasteiger partial charge in [0.1, 0.15) is 5.75 Å². The van der Waals surface area contributed by atoms with Crippen molar-refractivity contribution in [2.75, 3.05) is 39.5 Å². The highest BCUT2D eigenvalue weighted by atomic mass is 16.5. The molecule has 0 unspecified atom stereocenters. The third kappa shape index (κ3) is 5.78. The minimum Gasteiger partial charge on any atom is -0.493 e. The lowest BCUT2D eigenvalue weighted by Crippen LogP contribution is -2.36. The highest BCUT2D eigenvalue weighted by Crippen LogP contribution is 2.34. The second-order valence-electron chi connectivity index (χ2n) is 7.44. The molecule has 0 aromatic heterocycles. The topological polar surface area (TPSA) is 21.7 Å². The summed E-state index contributed by atoms with van der Waals surface area (Å²) in [6, 6.07) is 6.59. The molecule has 1 saturated heterocycles. The van der Waals surface area contributed by atoms with Crippen LogP contribution >= 0.6 is 0 Å². The molecule has 1 aromatic carbocycles. The predicted molar refractivity (Wildman–Crippen MR) is 101 cm³/mol. The van der Waals surface area contributed by atoms with Crippen LogP contribution in [-0.4, -0.2) is 44.4 Å². The van der Waals surface area contributed by atoms with Gasteiger partial charge < -0.3 is 9.47 Å². The van der Waals surface area contributed by atoms with Gasteiger partial charge in [-0.1, -0.05) is 45.9 Å². The van der Waals surface area contributed by atoms with E-state index in [2.05, 4.69) is 50.8 Å². The molecule has 0 saturated carbocycles. The van der Waals surface area contributed by atoms with Crippen LogP contribution < -0.4 is 4.74 Å². The summed E-state index contributed by atoms with van der Waals surface area (Å²) in [7, 11) is 0. The second-order valence-corrected chi connectivity index (χ2v) is 7.44. The average Bonchev–Trinajstić information content (AvgIpc) is 2.58. The first kappa shape index (κ1) is 19.3. The molecule has 0 spiro atoms. The van der Waals surface area contributed by atoms with Crippen LogP contribution in [-0.2, 0) is 4.74 Å². The third-order valence-electron chi connectivity index (χ3n) is 4.79. The van der Waals surface area contributed by atoms with Crippen LogP contribution in [0.15, 0.2) is 18.2 Å². The molecular formula is C21H35NO2. The largest absolute Gasteiger partial charge is 0.493 e. The van der Waals surface area contributed by atoms with Gasteiger partial charge in [0.05, 0.1) is 19.8 Å². The highest BCUT2D eigenvalue weighted by Gasteiger charge is 2.15. The van der Waals surface area contributed by atoms with E-state index >= 15 is 0 Å². The molecule has 0 radical (unpaired) electrons. The van der Waals surface area contributed by atoms with Gasteiger partial charge in [-0.3, -0.25) is 4.90 Å². The number of hydrogen-bond donors (Lipinski definition) is 0. The molecule has 2 rings (SSSR count). The van der Waals surface area contributed by atoms with Crippen molar-refractivity contribution in [1.29, 1.82) is 0 Å². The Bertz CT molecular complexity index is 452. The van der Waals surface area contributed by atoms with E-state index in [1.165, 1.54) is 30.5 Å². The monoisotopic (exact) mass is 333 g/mol. The molecule has 1 aromatic rings. The smallest absolute Gasteiger partial charge is 0.126 e. The lowest BCUT2D eigenvalue weighted by atomic mass is 9.94. The first-order valence-corrected chi connectivity index (χ1v) is 9.65. The number of ether oxygens (including phenoxy) is 2. The van der Waals surface area contributed by atoms with Crippen LogP contribution in [0.3, 0.4) is 0 Å². The normalized spacial score (nSPS) is 16.1. The molecule has 0 bridgehead atoms. The van der Waals surface area contributed by atoms with Crippen molar-refractivity contribution >= 4 is 0 Å². The molecule has 1 aliphatic rings. The molecule has 136 valence electrons. The van der Waals surface area contributed by atoms with Gasteiger partial charge in [0.25, 0.3) is 0 Å². The Balaban J connectivity index is 1.76. The lowest BCUT2D eigenvalue weighted by molar-refractivity contribution is 0.0370. The number of unbranched alkanes of at least 4 members (excludes halogenated alkanes) is 2. The maximum Gasteiger partial charge on any atom is 0.126 e. The predicted octanol–water partition coefficient (Wildman–Crippen LogP) is 4.81. The van der Waals surface area contributed by atoms with Gasteiger partial charge in [0, 0.05) is 13.1 Å². The van der Waals surface area contributed by atoms with Gasteiger partial charge in [0.15, 0.2) is 0 Å². The zero-order valence-electron chi connectivity index (χ0n) is 16.0. The van der Waals surface area contributed by atoms with Crippen LogP contribution in [0.2, 0.25) is 0 Å². The minimum absolute atomic E-state index is 0.500. The first-order valence-electron chi connectivity index (χ1n) is 9.65. The quantitative estimate of drug-likeness (QED) is 0.605. The zero-order valence-corrected chi connectivity index (χ0v) is 16.0. The average molecular weight is 334 g/mol. The molecule has 1 fully saturated rings. The summed E-state index contributed by atoms with van der Waals surface area (Å²) in [4.78, 5) is 2.51.